The quantitative estimate of drug-likeness (QED) is 0.0185. The highest BCUT2D eigenvalue weighted by molar-refractivity contribution is 6.12. The SMILES string of the molecule is CC(C)[C@H](NC(=O)CCOCCOCCOCCOCCOCCOCCOCCOCCN1C(=O)C=CC1=O)C(=O)C[C@@H](CCCNC(N)=O)C(=O)Nc1ccc(COC(=O)Oc2ccc([N+](=O)[O-])cc2)cc1. The largest absolute Gasteiger partial charge is 0.514 e. The van der Waals surface area contributed by atoms with E-state index in [1.165, 1.54) is 36.4 Å². The number of urea groups is 1. The van der Waals surface area contributed by atoms with Crippen molar-refractivity contribution in [1.82, 2.24) is 15.5 Å². The molecule has 3 rings (SSSR count). The lowest BCUT2D eigenvalue weighted by Crippen LogP contribution is -2.45. The summed E-state index contributed by atoms with van der Waals surface area (Å²) in [4.78, 5) is 97.7. The van der Waals surface area contributed by atoms with Crippen molar-refractivity contribution >= 4 is 53.0 Å². The third-order valence-electron chi connectivity index (χ3n) is 10.4. The van der Waals surface area contributed by atoms with Crippen LogP contribution in [0.15, 0.2) is 60.7 Å². The van der Waals surface area contributed by atoms with Gasteiger partial charge in [0.15, 0.2) is 5.78 Å². The number of primary amides is 1. The summed E-state index contributed by atoms with van der Waals surface area (Å²) in [7, 11) is 0. The average Bonchev–Trinajstić information content (AvgIpc) is 3.69. The lowest BCUT2D eigenvalue weighted by atomic mass is 9.89. The second-order valence-corrected chi connectivity index (χ2v) is 16.5. The van der Waals surface area contributed by atoms with Gasteiger partial charge in [-0.1, -0.05) is 26.0 Å². The van der Waals surface area contributed by atoms with Gasteiger partial charge in [-0.05, 0) is 48.6 Å². The summed E-state index contributed by atoms with van der Waals surface area (Å²) in [6.07, 6.45) is 1.82. The number of non-ortho nitro benzene ring substituents is 1. The smallest absolute Gasteiger partial charge is 0.429 e. The summed E-state index contributed by atoms with van der Waals surface area (Å²) in [6, 6.07) is 9.70. The number of anilines is 1. The summed E-state index contributed by atoms with van der Waals surface area (Å²) >= 11 is 0. The first-order valence-electron chi connectivity index (χ1n) is 24.2. The van der Waals surface area contributed by atoms with Crippen LogP contribution in [-0.2, 0) is 73.2 Å². The third kappa shape index (κ3) is 27.6. The zero-order valence-corrected chi connectivity index (χ0v) is 42.0. The number of nitro groups is 1. The Hall–Kier alpha value is -6.45. The van der Waals surface area contributed by atoms with E-state index < -0.39 is 40.9 Å². The van der Waals surface area contributed by atoms with Gasteiger partial charge in [0, 0.05) is 55.3 Å². The van der Waals surface area contributed by atoms with Crippen LogP contribution in [0, 0.1) is 22.0 Å². The fourth-order valence-corrected chi connectivity index (χ4v) is 6.57. The molecule has 0 unspecified atom stereocenters. The molecular formula is C49H70N6O19. The predicted molar refractivity (Wildman–Crippen MR) is 263 cm³/mol. The van der Waals surface area contributed by atoms with Gasteiger partial charge >= 0.3 is 12.2 Å². The van der Waals surface area contributed by atoms with Crippen molar-refractivity contribution in [3.05, 3.63) is 76.4 Å². The maximum atomic E-state index is 13.6. The number of ketones is 1. The summed E-state index contributed by atoms with van der Waals surface area (Å²) in [5.41, 5.74) is 5.99. The molecule has 1 aliphatic heterocycles. The van der Waals surface area contributed by atoms with Gasteiger partial charge in [-0.25, -0.2) is 9.59 Å². The Labute approximate surface area is 429 Å². The Bertz CT molecular complexity index is 2040. The molecule has 1 heterocycles. The summed E-state index contributed by atoms with van der Waals surface area (Å²) < 4.78 is 53.9. The van der Waals surface area contributed by atoms with Gasteiger partial charge in [-0.3, -0.25) is 39.0 Å². The van der Waals surface area contributed by atoms with Gasteiger partial charge in [0.2, 0.25) is 11.8 Å². The van der Waals surface area contributed by atoms with Gasteiger partial charge in [0.1, 0.15) is 12.4 Å². The number of nitrogens with two attached hydrogens (primary N) is 1. The molecule has 0 saturated heterocycles. The minimum absolute atomic E-state index is 0.00639. The molecular weight excluding hydrogens is 977 g/mol. The highest BCUT2D eigenvalue weighted by Gasteiger charge is 2.30. The molecule has 2 atom stereocenters. The second kappa shape index (κ2) is 37.3. The molecule has 1 aliphatic rings. The van der Waals surface area contributed by atoms with Crippen molar-refractivity contribution < 1.29 is 85.9 Å². The van der Waals surface area contributed by atoms with E-state index in [0.29, 0.717) is 97.0 Å². The lowest BCUT2D eigenvalue weighted by Gasteiger charge is -2.24. The van der Waals surface area contributed by atoms with Gasteiger partial charge in [0.05, 0.1) is 123 Å². The van der Waals surface area contributed by atoms with E-state index in [1.807, 2.05) is 0 Å². The topological polar surface area (TPSA) is 320 Å². The summed E-state index contributed by atoms with van der Waals surface area (Å²) in [5, 5.41) is 18.9. The Kier molecular flexibility index (Phi) is 31.2. The number of hydrogen-bond donors (Lipinski definition) is 4. The first kappa shape index (κ1) is 61.8. The first-order chi connectivity index (χ1) is 35.7. The van der Waals surface area contributed by atoms with E-state index in [4.69, 9.17) is 53.1 Å². The zero-order valence-electron chi connectivity index (χ0n) is 42.0. The third-order valence-corrected chi connectivity index (χ3v) is 10.4. The van der Waals surface area contributed by atoms with Crippen molar-refractivity contribution in [2.45, 2.75) is 52.2 Å². The molecule has 74 heavy (non-hydrogen) atoms. The van der Waals surface area contributed by atoms with Crippen LogP contribution in [-0.4, -0.2) is 176 Å². The molecule has 2 aromatic carbocycles. The van der Waals surface area contributed by atoms with Crippen LogP contribution in [0.1, 0.15) is 45.1 Å². The minimum Gasteiger partial charge on any atom is -0.429 e. The highest BCUT2D eigenvalue weighted by atomic mass is 16.7. The number of Topliss-reactive ketones (excluding diaryl/α,β-unsaturated/α-hetero) is 1. The Morgan fingerprint density at radius 2 is 1.16 bits per heavy atom. The van der Waals surface area contributed by atoms with Crippen molar-refractivity contribution in [1.29, 1.82) is 0 Å². The zero-order chi connectivity index (χ0) is 53.8. The maximum Gasteiger partial charge on any atom is 0.514 e. The van der Waals surface area contributed by atoms with Crippen molar-refractivity contribution in [2.75, 3.05) is 124 Å². The molecule has 6 amide bonds. The Morgan fingerprint density at radius 3 is 1.64 bits per heavy atom. The summed E-state index contributed by atoms with van der Waals surface area (Å²) in [6.45, 7) is 9.27. The maximum absolute atomic E-state index is 13.6. The molecule has 410 valence electrons. The monoisotopic (exact) mass is 1050 g/mol. The molecule has 0 bridgehead atoms. The van der Waals surface area contributed by atoms with Crippen LogP contribution in [0.2, 0.25) is 0 Å². The van der Waals surface area contributed by atoms with Crippen LogP contribution >= 0.6 is 0 Å². The van der Waals surface area contributed by atoms with E-state index in [1.54, 1.807) is 38.1 Å². The Balaban J connectivity index is 1.19. The number of ether oxygens (including phenoxy) is 10. The van der Waals surface area contributed by atoms with Crippen LogP contribution in [0.25, 0.3) is 0 Å². The number of nitrogens with one attached hydrogen (secondary N) is 3. The minimum atomic E-state index is -1.02. The van der Waals surface area contributed by atoms with Crippen LogP contribution < -0.4 is 26.4 Å². The Morgan fingerprint density at radius 1 is 0.676 bits per heavy atom. The van der Waals surface area contributed by atoms with Crippen LogP contribution in [0.5, 0.6) is 5.75 Å². The van der Waals surface area contributed by atoms with E-state index >= 15 is 0 Å². The molecule has 0 saturated carbocycles. The fraction of sp³-hybridized carbons (Fsp3) is 0.571. The van der Waals surface area contributed by atoms with Gasteiger partial charge < -0.3 is 69.1 Å². The van der Waals surface area contributed by atoms with Crippen molar-refractivity contribution in [3.8, 4) is 5.75 Å². The number of carbonyl (C=O) groups is 7. The molecule has 0 spiro atoms. The van der Waals surface area contributed by atoms with E-state index in [0.717, 1.165) is 4.90 Å². The van der Waals surface area contributed by atoms with Gasteiger partial charge in [0.25, 0.3) is 17.5 Å². The van der Waals surface area contributed by atoms with E-state index in [2.05, 4.69) is 16.0 Å². The molecule has 0 aromatic heterocycles. The first-order valence-corrected chi connectivity index (χ1v) is 24.2. The predicted octanol–water partition coefficient (Wildman–Crippen LogP) is 2.86. The number of imide groups is 1. The number of benzene rings is 2. The number of rotatable bonds is 42. The van der Waals surface area contributed by atoms with Crippen LogP contribution in [0.3, 0.4) is 0 Å². The fourth-order valence-electron chi connectivity index (χ4n) is 6.57. The van der Waals surface area contributed by atoms with E-state index in [-0.39, 0.29) is 100 Å². The number of amides is 6. The van der Waals surface area contributed by atoms with E-state index in [9.17, 15) is 43.7 Å². The highest BCUT2D eigenvalue weighted by Crippen LogP contribution is 2.21. The van der Waals surface area contributed by atoms with Gasteiger partial charge in [-0.15, -0.1) is 0 Å². The average molecular weight is 1050 g/mol. The normalized spacial score (nSPS) is 12.9. The second-order valence-electron chi connectivity index (χ2n) is 16.5. The molecule has 0 aliphatic carbocycles. The summed E-state index contributed by atoms with van der Waals surface area (Å²) in [5.74, 6) is -2.91. The number of carbonyl (C=O) groups excluding carboxylic acids is 7. The van der Waals surface area contributed by atoms with Crippen molar-refractivity contribution in [2.24, 2.45) is 17.6 Å². The van der Waals surface area contributed by atoms with Crippen molar-refractivity contribution in [3.63, 3.8) is 0 Å². The molecule has 0 fully saturated rings. The molecule has 2 aromatic rings. The lowest BCUT2D eigenvalue weighted by molar-refractivity contribution is -0.384. The van der Waals surface area contributed by atoms with Crippen LogP contribution in [0.4, 0.5) is 21.0 Å². The number of nitro benzene ring substituents is 1. The molecule has 5 N–H and O–H groups in total. The number of nitrogens with zero attached hydrogens (tertiary/aromatic N) is 2. The molecule has 25 nitrogen and oxygen atoms in total. The van der Waals surface area contributed by atoms with Gasteiger partial charge in [-0.2, -0.15) is 0 Å². The number of hydrogen-bond acceptors (Lipinski definition) is 19. The molecule has 0 radical (unpaired) electrons. The standard InChI is InChI=1S/C49H70N6O19/c1-36(2)46(42(56)34-38(4-3-16-51-48(50)61)47(60)52-39-7-5-37(6-8-39)35-73-49(62)74-41-11-9-40(10-12-41)55(63)64)53-43(57)15-18-65-20-22-67-24-26-69-28-30-71-32-33-72-31-29-70-27-25-68-23-21-66-19-17-54-44(58)13-14-45(54)59/h5-14,36,38,46H,3-4,15-35H2,1-2H3,(H,52,60)(H,53,57)(H3,50,51,61)/t38-,46+/m1/s1. The molecule has 25 heteroatoms.